The van der Waals surface area contributed by atoms with Gasteiger partial charge in [-0.25, -0.2) is 0 Å². The molecule has 0 spiro atoms. The molecule has 2 aromatic heterocycles. The second kappa shape index (κ2) is 4.53. The molecular formula is C9H12N5Y-. The van der Waals surface area contributed by atoms with Crippen LogP contribution >= 0.6 is 0 Å². The van der Waals surface area contributed by atoms with Crippen LogP contribution in [0.1, 0.15) is 5.82 Å². The Labute approximate surface area is 114 Å². The van der Waals surface area contributed by atoms with E-state index in [4.69, 9.17) is 0 Å². The Bertz CT molecular complexity index is 477. The maximum absolute atomic E-state index is 4.41. The van der Waals surface area contributed by atoms with Gasteiger partial charge >= 0.3 is 0 Å². The quantitative estimate of drug-likeness (QED) is 0.715. The van der Waals surface area contributed by atoms with E-state index in [2.05, 4.69) is 21.3 Å². The first-order chi connectivity index (χ1) is 6.61. The summed E-state index contributed by atoms with van der Waals surface area (Å²) in [6.07, 6.45) is 2.64. The van der Waals surface area contributed by atoms with E-state index in [0.29, 0.717) is 0 Å². The van der Waals surface area contributed by atoms with E-state index < -0.39 is 0 Å². The van der Waals surface area contributed by atoms with E-state index in [0.717, 1.165) is 22.8 Å². The molecular weight excluding hydrogens is 267 g/mol. The molecule has 0 bridgehead atoms. The first-order valence-electron chi connectivity index (χ1n) is 4.35. The van der Waals surface area contributed by atoms with E-state index >= 15 is 0 Å². The van der Waals surface area contributed by atoms with Crippen LogP contribution in [-0.4, -0.2) is 33.6 Å². The van der Waals surface area contributed by atoms with Crippen molar-refractivity contribution in [3.63, 3.8) is 0 Å². The Hall–Kier alpha value is -0.546. The van der Waals surface area contributed by atoms with Crippen LogP contribution in [0.2, 0.25) is 0 Å². The first kappa shape index (κ1) is 12.5. The van der Waals surface area contributed by atoms with Gasteiger partial charge in [-0.1, -0.05) is 0 Å². The predicted molar refractivity (Wildman–Crippen MR) is 54.2 cm³/mol. The van der Waals surface area contributed by atoms with Crippen LogP contribution in [0.5, 0.6) is 0 Å². The fourth-order valence-electron chi connectivity index (χ4n) is 1.36. The fraction of sp³-hybridized carbons (Fsp3) is 0.444. The molecule has 6 heteroatoms. The molecule has 77 valence electrons. The summed E-state index contributed by atoms with van der Waals surface area (Å²) in [5.41, 5.74) is 1.65. The molecule has 2 aromatic rings. The number of hydrogen-bond acceptors (Lipinski definition) is 4. The second-order valence-corrected chi connectivity index (χ2v) is 3.43. The van der Waals surface area contributed by atoms with Crippen molar-refractivity contribution in [2.75, 3.05) is 19.0 Å². The van der Waals surface area contributed by atoms with Gasteiger partial charge in [0.1, 0.15) is 0 Å². The number of rotatable bonds is 1. The first-order valence-corrected chi connectivity index (χ1v) is 4.35. The molecule has 0 amide bonds. The number of nitrogens with zero attached hydrogens (tertiary/aromatic N) is 5. The number of imidazole rings is 1. The van der Waals surface area contributed by atoms with Gasteiger partial charge in [-0.05, 0) is 21.0 Å². The third-order valence-corrected chi connectivity index (χ3v) is 2.24. The number of anilines is 1. The van der Waals surface area contributed by atoms with E-state index in [1.165, 1.54) is 0 Å². The van der Waals surface area contributed by atoms with Crippen LogP contribution in [0.3, 0.4) is 0 Å². The molecule has 2 heterocycles. The molecule has 0 N–H and O–H groups in total. The Balaban J connectivity index is 0.00000112. The number of aromatic nitrogens is 4. The van der Waals surface area contributed by atoms with Gasteiger partial charge < -0.3 is 19.4 Å². The summed E-state index contributed by atoms with van der Waals surface area (Å²) in [7, 11) is 5.80. The van der Waals surface area contributed by atoms with Crippen molar-refractivity contribution in [1.82, 2.24) is 19.5 Å². The monoisotopic (exact) mass is 279 g/mol. The van der Waals surface area contributed by atoms with Gasteiger partial charge in [0.2, 0.25) is 0 Å². The molecule has 0 aliphatic carbocycles. The molecule has 0 saturated heterocycles. The van der Waals surface area contributed by atoms with Gasteiger partial charge in [0, 0.05) is 57.4 Å². The van der Waals surface area contributed by atoms with Gasteiger partial charge in [-0.2, -0.15) is 0 Å². The van der Waals surface area contributed by atoms with Crippen LogP contribution in [-0.2, 0) is 39.8 Å². The summed E-state index contributed by atoms with van der Waals surface area (Å²) in [4.78, 5) is 14.5. The largest absolute Gasteiger partial charge is 0.413 e. The molecule has 0 unspecified atom stereocenters. The summed E-state index contributed by atoms with van der Waals surface area (Å²) in [6.45, 7) is 1.95. The number of aryl methyl sites for hydroxylation is 2. The molecule has 15 heavy (non-hydrogen) atoms. The van der Waals surface area contributed by atoms with Crippen molar-refractivity contribution < 1.29 is 32.7 Å². The molecule has 0 fully saturated rings. The van der Waals surface area contributed by atoms with Crippen LogP contribution in [0, 0.1) is 13.3 Å². The minimum absolute atomic E-state index is 0. The Morgan fingerprint density at radius 2 is 1.93 bits per heavy atom. The van der Waals surface area contributed by atoms with E-state index in [1.807, 2.05) is 37.5 Å². The second-order valence-electron chi connectivity index (χ2n) is 3.43. The summed E-state index contributed by atoms with van der Waals surface area (Å²) in [5, 5.41) is 0. The van der Waals surface area contributed by atoms with Gasteiger partial charge in [0.15, 0.2) is 0 Å². The Morgan fingerprint density at radius 3 is 2.53 bits per heavy atom. The van der Waals surface area contributed by atoms with Crippen molar-refractivity contribution in [3.8, 4) is 0 Å². The number of hydrogen-bond donors (Lipinski definition) is 0. The smallest absolute Gasteiger partial charge is 0.0938 e. The molecule has 0 saturated carbocycles. The molecule has 0 aromatic carbocycles. The maximum atomic E-state index is 4.41. The molecule has 0 aliphatic heterocycles. The maximum Gasteiger partial charge on any atom is 0.0938 e. The van der Waals surface area contributed by atoms with Crippen LogP contribution in [0.15, 0.2) is 0 Å². The van der Waals surface area contributed by atoms with Crippen molar-refractivity contribution in [1.29, 1.82) is 0 Å². The standard InChI is InChI=1S/C9H12N5.Y/c1-6-12-7-8(13(2)3)10-5-11-9(7)14(6)4;/h1-4H3;/q-1;. The molecule has 0 atom stereocenters. The van der Waals surface area contributed by atoms with Gasteiger partial charge in [0.05, 0.1) is 11.5 Å². The number of fused-ring (bicyclic) bond motifs is 1. The fourth-order valence-corrected chi connectivity index (χ4v) is 1.36. The van der Waals surface area contributed by atoms with Crippen LogP contribution in [0.25, 0.3) is 11.2 Å². The van der Waals surface area contributed by atoms with Crippen molar-refractivity contribution in [2.24, 2.45) is 7.05 Å². The van der Waals surface area contributed by atoms with Crippen molar-refractivity contribution in [3.05, 3.63) is 12.2 Å². The van der Waals surface area contributed by atoms with E-state index in [9.17, 15) is 0 Å². The third kappa shape index (κ3) is 2.03. The minimum atomic E-state index is 0. The zero-order valence-electron chi connectivity index (χ0n) is 9.31. The van der Waals surface area contributed by atoms with Gasteiger partial charge in [-0.15, -0.1) is 0 Å². The van der Waals surface area contributed by atoms with Crippen molar-refractivity contribution in [2.45, 2.75) is 6.92 Å². The molecule has 2 rings (SSSR count). The third-order valence-electron chi connectivity index (χ3n) is 2.24. The van der Waals surface area contributed by atoms with Crippen LogP contribution < -0.4 is 4.90 Å². The van der Waals surface area contributed by atoms with Gasteiger partial charge in [-0.3, -0.25) is 4.98 Å². The molecule has 5 nitrogen and oxygen atoms in total. The Morgan fingerprint density at radius 1 is 1.27 bits per heavy atom. The van der Waals surface area contributed by atoms with Crippen LogP contribution in [0.4, 0.5) is 5.82 Å². The average molecular weight is 279 g/mol. The summed E-state index contributed by atoms with van der Waals surface area (Å²) in [5.74, 6) is 1.73. The van der Waals surface area contributed by atoms with E-state index in [1.54, 1.807) is 0 Å². The minimum Gasteiger partial charge on any atom is -0.413 e. The summed E-state index contributed by atoms with van der Waals surface area (Å²) < 4.78 is 1.93. The molecule has 1 radical (unpaired) electrons. The Kier molecular flexibility index (Phi) is 3.79. The zero-order valence-corrected chi connectivity index (χ0v) is 12.2. The summed E-state index contributed by atoms with van der Waals surface area (Å²) >= 11 is 0. The normalized spacial score (nSPS) is 10.1. The zero-order chi connectivity index (χ0) is 10.3. The van der Waals surface area contributed by atoms with E-state index in [-0.39, 0.29) is 32.7 Å². The molecule has 0 aliphatic rings. The predicted octanol–water partition coefficient (Wildman–Crippen LogP) is 0.535. The average Bonchev–Trinajstić information content (AvgIpc) is 2.43. The van der Waals surface area contributed by atoms with Gasteiger partial charge in [0.25, 0.3) is 0 Å². The topological polar surface area (TPSA) is 46.8 Å². The SMILES string of the molecule is Cc1nc2c(N(C)C)n[c-]nc2n1C.[Y]. The van der Waals surface area contributed by atoms with Crippen molar-refractivity contribution >= 4 is 17.0 Å². The summed E-state index contributed by atoms with van der Waals surface area (Å²) in [6, 6.07) is 0.